The Morgan fingerprint density at radius 3 is 1.85 bits per heavy atom. The predicted molar refractivity (Wildman–Crippen MR) is 182 cm³/mol. The summed E-state index contributed by atoms with van der Waals surface area (Å²) < 4.78 is 27.4. The van der Waals surface area contributed by atoms with Crippen molar-refractivity contribution in [3.63, 3.8) is 0 Å². The van der Waals surface area contributed by atoms with E-state index in [4.69, 9.17) is 23.7 Å². The number of nitrogens with one attached hydrogen (secondary N) is 1. The maximum atomic E-state index is 11.5. The fourth-order valence-electron chi connectivity index (χ4n) is 4.01. The van der Waals surface area contributed by atoms with Gasteiger partial charge in [0.1, 0.15) is 5.75 Å². The first-order chi connectivity index (χ1) is 22.6. The number of halogens is 1. The standard InChI is InChI=1S/C15H12N2O5S.C11H11NO3.C4H2BrNO2S/c1-20-12-7-9-10(8-13(12)21-2)16-6-5-11(9)22-15-4-3-14(23-15)17(18)19;1-14-10-5-7-8(6-11(10)15-2)12-4-3-9(7)13;5-3-1-2-4(9-3)6(7)8/h3-8H,1-2H3;3-6H,1-2H3,(H,12,13);1-2H. The average Bonchev–Trinajstić information content (AvgIpc) is 3.74. The molecule has 0 aliphatic rings. The zero-order valence-electron chi connectivity index (χ0n) is 25.0. The van der Waals surface area contributed by atoms with E-state index in [1.54, 1.807) is 83.3 Å². The summed E-state index contributed by atoms with van der Waals surface area (Å²) in [6.07, 6.45) is 3.21. The van der Waals surface area contributed by atoms with Crippen molar-refractivity contribution < 1.29 is 33.5 Å². The van der Waals surface area contributed by atoms with Crippen molar-refractivity contribution in [3.8, 4) is 33.8 Å². The van der Waals surface area contributed by atoms with Gasteiger partial charge >= 0.3 is 10.0 Å². The third-order valence-corrected chi connectivity index (χ3v) is 8.66. The lowest BCUT2D eigenvalue weighted by Gasteiger charge is -2.11. The number of aromatic amines is 1. The molecular formula is C30H25BrN4O10S2. The van der Waals surface area contributed by atoms with E-state index in [0.29, 0.717) is 44.7 Å². The number of H-pyrrole nitrogens is 1. The van der Waals surface area contributed by atoms with Crippen LogP contribution in [0.25, 0.3) is 21.8 Å². The molecule has 2 aromatic carbocycles. The van der Waals surface area contributed by atoms with E-state index in [2.05, 4.69) is 25.9 Å². The quantitative estimate of drug-likeness (QED) is 0.118. The minimum Gasteiger partial charge on any atom is -0.493 e. The fraction of sp³-hybridized carbons (Fsp3) is 0.133. The summed E-state index contributed by atoms with van der Waals surface area (Å²) in [5, 5.41) is 22.7. The normalized spacial score (nSPS) is 10.2. The highest BCUT2D eigenvalue weighted by atomic mass is 79.9. The molecule has 14 nitrogen and oxygen atoms in total. The zero-order chi connectivity index (χ0) is 34.1. The number of rotatable bonds is 8. The van der Waals surface area contributed by atoms with Gasteiger partial charge in [0.15, 0.2) is 33.5 Å². The first-order valence-corrected chi connectivity index (χ1v) is 15.6. The van der Waals surface area contributed by atoms with Crippen LogP contribution in [-0.4, -0.2) is 48.3 Å². The highest BCUT2D eigenvalue weighted by Crippen LogP contribution is 2.39. The molecule has 47 heavy (non-hydrogen) atoms. The number of aromatic nitrogens is 2. The Kier molecular flexibility index (Phi) is 11.7. The lowest BCUT2D eigenvalue weighted by molar-refractivity contribution is -0.380. The molecular weight excluding hydrogens is 720 g/mol. The van der Waals surface area contributed by atoms with Gasteiger partial charge in [0, 0.05) is 53.5 Å². The van der Waals surface area contributed by atoms with Gasteiger partial charge in [0.05, 0.1) is 53.1 Å². The number of nitro groups is 2. The highest BCUT2D eigenvalue weighted by Gasteiger charge is 2.15. The first kappa shape index (κ1) is 34.6. The summed E-state index contributed by atoms with van der Waals surface area (Å²) in [6.45, 7) is 0. The molecule has 0 aliphatic carbocycles. The van der Waals surface area contributed by atoms with Crippen molar-refractivity contribution in [2.75, 3.05) is 28.4 Å². The predicted octanol–water partition coefficient (Wildman–Crippen LogP) is 7.98. The third-order valence-electron chi connectivity index (χ3n) is 6.17. The Morgan fingerprint density at radius 1 is 0.723 bits per heavy atom. The Morgan fingerprint density at radius 2 is 1.30 bits per heavy atom. The van der Waals surface area contributed by atoms with Gasteiger partial charge in [-0.3, -0.25) is 30.0 Å². The highest BCUT2D eigenvalue weighted by molar-refractivity contribution is 9.11. The van der Waals surface area contributed by atoms with Crippen LogP contribution >= 0.6 is 38.6 Å². The van der Waals surface area contributed by atoms with Crippen molar-refractivity contribution in [2.24, 2.45) is 0 Å². The number of nitrogens with zero attached hydrogens (tertiary/aromatic N) is 3. The molecule has 0 unspecified atom stereocenters. The molecule has 0 amide bonds. The van der Waals surface area contributed by atoms with Gasteiger partial charge in [-0.25, -0.2) is 0 Å². The van der Waals surface area contributed by atoms with Gasteiger partial charge in [-0.15, -0.1) is 0 Å². The van der Waals surface area contributed by atoms with Crippen LogP contribution < -0.4 is 29.1 Å². The largest absolute Gasteiger partial charge is 0.493 e. The molecule has 244 valence electrons. The van der Waals surface area contributed by atoms with E-state index in [0.717, 1.165) is 37.4 Å². The van der Waals surface area contributed by atoms with E-state index in [1.807, 2.05) is 0 Å². The SMILES string of the molecule is COc1cc2[nH]ccc(=O)c2cc1OC.COc1cc2nccc(Oc3ccc([N+](=O)[O-])s3)c2cc1OC.O=[N+]([O-])c1ccc(Br)s1. The smallest absolute Gasteiger partial charge is 0.327 e. The number of pyridine rings is 2. The number of thiophene rings is 2. The second kappa shape index (κ2) is 15.8. The van der Waals surface area contributed by atoms with Gasteiger partial charge in [-0.05, 0) is 57.6 Å². The molecule has 0 saturated carbocycles. The zero-order valence-corrected chi connectivity index (χ0v) is 28.3. The Hall–Kier alpha value is -5.26. The molecule has 1 N–H and O–H groups in total. The number of methoxy groups -OCH3 is 4. The third kappa shape index (κ3) is 8.51. The van der Waals surface area contributed by atoms with E-state index in [9.17, 15) is 25.0 Å². The Labute approximate surface area is 282 Å². The lowest BCUT2D eigenvalue weighted by Crippen LogP contribution is -2.01. The van der Waals surface area contributed by atoms with Crippen LogP contribution in [0.4, 0.5) is 10.0 Å². The number of hydrogen-bond acceptors (Lipinski definition) is 13. The molecule has 0 bridgehead atoms. The molecule has 0 spiro atoms. The van der Waals surface area contributed by atoms with Crippen LogP contribution in [0.2, 0.25) is 0 Å². The molecule has 17 heteroatoms. The summed E-state index contributed by atoms with van der Waals surface area (Å²) in [5.74, 6) is 2.81. The second-order valence-electron chi connectivity index (χ2n) is 8.91. The van der Waals surface area contributed by atoms with E-state index in [1.165, 1.54) is 18.2 Å². The van der Waals surface area contributed by atoms with Crippen LogP contribution in [0.15, 0.2) is 81.6 Å². The minimum absolute atomic E-state index is 0.0256. The maximum Gasteiger partial charge on any atom is 0.327 e. The number of hydrogen-bond donors (Lipinski definition) is 1. The summed E-state index contributed by atoms with van der Waals surface area (Å²) in [5.41, 5.74) is 1.37. The van der Waals surface area contributed by atoms with E-state index >= 15 is 0 Å². The van der Waals surface area contributed by atoms with Gasteiger partial charge in [0.25, 0.3) is 0 Å². The summed E-state index contributed by atoms with van der Waals surface area (Å²) in [7, 11) is 6.20. The van der Waals surface area contributed by atoms with Gasteiger partial charge in [-0.2, -0.15) is 0 Å². The Balaban J connectivity index is 0.000000178. The van der Waals surface area contributed by atoms with Crippen molar-refractivity contribution in [1.29, 1.82) is 0 Å². The molecule has 0 aliphatic heterocycles. The topological polar surface area (TPSA) is 178 Å². The molecule has 6 rings (SSSR count). The van der Waals surface area contributed by atoms with Crippen molar-refractivity contribution in [2.45, 2.75) is 0 Å². The van der Waals surface area contributed by atoms with Crippen LogP contribution in [0.5, 0.6) is 33.8 Å². The minimum atomic E-state index is -0.448. The van der Waals surface area contributed by atoms with Crippen molar-refractivity contribution in [3.05, 3.63) is 107 Å². The molecule has 0 atom stereocenters. The van der Waals surface area contributed by atoms with E-state index < -0.39 is 9.85 Å². The summed E-state index contributed by atoms with van der Waals surface area (Å²) in [4.78, 5) is 38.7. The first-order valence-electron chi connectivity index (χ1n) is 13.1. The second-order valence-corrected chi connectivity index (χ2v) is 12.4. The number of ether oxygens (including phenoxy) is 5. The lowest BCUT2D eigenvalue weighted by atomic mass is 10.2. The maximum absolute atomic E-state index is 11.5. The molecule has 6 aromatic rings. The molecule has 0 fully saturated rings. The summed E-state index contributed by atoms with van der Waals surface area (Å²) >= 11 is 5.19. The monoisotopic (exact) mass is 744 g/mol. The van der Waals surface area contributed by atoms with E-state index in [-0.39, 0.29) is 15.4 Å². The van der Waals surface area contributed by atoms with Gasteiger partial charge in [-0.1, -0.05) is 11.3 Å². The molecule has 4 aromatic heterocycles. The Bertz CT molecular complexity index is 2100. The molecule has 0 saturated heterocycles. The molecule has 0 radical (unpaired) electrons. The van der Waals surface area contributed by atoms with Crippen LogP contribution in [0.3, 0.4) is 0 Å². The summed E-state index contributed by atoms with van der Waals surface area (Å²) in [6, 6.07) is 16.2. The van der Waals surface area contributed by atoms with Gasteiger partial charge in [0.2, 0.25) is 0 Å². The molecule has 4 heterocycles. The van der Waals surface area contributed by atoms with Gasteiger partial charge < -0.3 is 28.7 Å². The fourth-order valence-corrected chi connectivity index (χ4v) is 5.87. The average molecular weight is 746 g/mol. The van der Waals surface area contributed by atoms with Crippen molar-refractivity contribution >= 4 is 70.4 Å². The number of benzene rings is 2. The van der Waals surface area contributed by atoms with Crippen molar-refractivity contribution in [1.82, 2.24) is 9.97 Å². The van der Waals surface area contributed by atoms with Crippen LogP contribution in [0, 0.1) is 20.2 Å². The van der Waals surface area contributed by atoms with Crippen LogP contribution in [0.1, 0.15) is 0 Å². The van der Waals surface area contributed by atoms with Crippen LogP contribution in [-0.2, 0) is 0 Å². The number of fused-ring (bicyclic) bond motifs is 2.